The fourth-order valence-electron chi connectivity index (χ4n) is 4.72. The molecule has 3 heterocycles. The summed E-state index contributed by atoms with van der Waals surface area (Å²) in [5.74, 6) is -2.38. The Morgan fingerprint density at radius 3 is 2.40 bits per heavy atom. The Bertz CT molecular complexity index is 2000. The first-order valence-corrected chi connectivity index (χ1v) is 15.7. The quantitative estimate of drug-likeness (QED) is 0.265. The number of aryl methyl sites for hydroxylation is 1. The number of halogens is 2. The third kappa shape index (κ3) is 6.82. The predicted octanol–water partition coefficient (Wildman–Crippen LogP) is 3.16. The van der Waals surface area contributed by atoms with Crippen LogP contribution in [0.15, 0.2) is 70.5 Å². The summed E-state index contributed by atoms with van der Waals surface area (Å²) < 4.78 is 60.1. The largest absolute Gasteiger partial charge is 0.452 e. The van der Waals surface area contributed by atoms with Gasteiger partial charge in [-0.2, -0.15) is 0 Å². The fraction of sp³-hybridized carbons (Fsp3) is 0.233. The van der Waals surface area contributed by atoms with Crippen molar-refractivity contribution in [3.05, 3.63) is 105 Å². The van der Waals surface area contributed by atoms with E-state index >= 15 is 4.39 Å². The van der Waals surface area contributed by atoms with Gasteiger partial charge < -0.3 is 20.4 Å². The zero-order chi connectivity index (χ0) is 32.3. The summed E-state index contributed by atoms with van der Waals surface area (Å²) in [4.78, 5) is 45.4. The molecular weight excluding hydrogens is 610 g/mol. The molecule has 2 N–H and O–H groups in total. The molecular formula is C30H28F2N6O6S. The van der Waals surface area contributed by atoms with Gasteiger partial charge in [-0.25, -0.2) is 26.6 Å². The van der Waals surface area contributed by atoms with Gasteiger partial charge in [-0.3, -0.25) is 19.1 Å². The van der Waals surface area contributed by atoms with Crippen molar-refractivity contribution in [3.8, 4) is 17.2 Å². The van der Waals surface area contributed by atoms with Gasteiger partial charge in [0, 0.05) is 56.3 Å². The van der Waals surface area contributed by atoms with Gasteiger partial charge in [-0.15, -0.1) is 0 Å². The Kier molecular flexibility index (Phi) is 8.90. The lowest BCUT2D eigenvalue weighted by atomic mass is 10.2. The number of nitrogens with zero attached hydrogens (tertiary/aromatic N) is 4. The van der Waals surface area contributed by atoms with Crippen LogP contribution < -0.4 is 26.2 Å². The second-order valence-corrected chi connectivity index (χ2v) is 12.4. The van der Waals surface area contributed by atoms with Crippen LogP contribution in [0.25, 0.3) is 5.69 Å². The number of amides is 1. The zero-order valence-corrected chi connectivity index (χ0v) is 24.8. The zero-order valence-electron chi connectivity index (χ0n) is 24.0. The number of aromatic nitrogens is 3. The Morgan fingerprint density at radius 1 is 1.04 bits per heavy atom. The number of sulfone groups is 1. The summed E-state index contributed by atoms with van der Waals surface area (Å²) in [6, 6.07) is 9.86. The van der Waals surface area contributed by atoms with Gasteiger partial charge in [-0.1, -0.05) is 0 Å². The van der Waals surface area contributed by atoms with Crippen molar-refractivity contribution >= 4 is 33.3 Å². The Hall–Kier alpha value is -5.18. The van der Waals surface area contributed by atoms with E-state index in [0.29, 0.717) is 11.4 Å². The summed E-state index contributed by atoms with van der Waals surface area (Å²) in [5.41, 5.74) is -1.05. The summed E-state index contributed by atoms with van der Waals surface area (Å²) in [6.45, 7) is 2.31. The van der Waals surface area contributed by atoms with E-state index in [0.717, 1.165) is 39.7 Å². The number of pyridine rings is 1. The van der Waals surface area contributed by atoms with E-state index in [1.807, 2.05) is 4.90 Å². The van der Waals surface area contributed by atoms with Crippen LogP contribution in [0.4, 0.5) is 20.2 Å². The summed E-state index contributed by atoms with van der Waals surface area (Å²) >= 11 is 0. The number of ether oxygens (including phenoxy) is 1. The number of rotatable bonds is 9. The summed E-state index contributed by atoms with van der Waals surface area (Å²) in [7, 11) is -3.11. The number of anilines is 2. The lowest BCUT2D eigenvalue weighted by molar-refractivity contribution is 0.102. The van der Waals surface area contributed by atoms with Gasteiger partial charge in [0.2, 0.25) is 0 Å². The van der Waals surface area contributed by atoms with Crippen LogP contribution >= 0.6 is 0 Å². The number of benzene rings is 2. The van der Waals surface area contributed by atoms with Crippen LogP contribution in [-0.2, 0) is 22.8 Å². The maximum atomic E-state index is 15.3. The first-order valence-electron chi connectivity index (χ1n) is 13.8. The minimum atomic E-state index is -3.11. The molecule has 0 spiro atoms. The number of hydrogen-bond acceptors (Lipinski definition) is 9. The second kappa shape index (κ2) is 12.8. The highest BCUT2D eigenvalue weighted by atomic mass is 32.2. The fourth-order valence-corrected chi connectivity index (χ4v) is 5.93. The van der Waals surface area contributed by atoms with Crippen LogP contribution in [0.5, 0.6) is 11.5 Å². The van der Waals surface area contributed by atoms with E-state index < -0.39 is 44.2 Å². The number of hydrogen-bond donors (Lipinski definition) is 2. The molecule has 0 atom stereocenters. The average Bonchev–Trinajstić information content (AvgIpc) is 3.00. The molecule has 1 aliphatic heterocycles. The van der Waals surface area contributed by atoms with Gasteiger partial charge >= 0.3 is 5.69 Å². The van der Waals surface area contributed by atoms with Crippen molar-refractivity contribution in [2.75, 3.05) is 34.8 Å². The molecule has 1 saturated heterocycles. The minimum absolute atomic E-state index is 0.00653. The normalized spacial score (nSPS) is 14.2. The molecule has 4 aromatic rings. The molecule has 45 heavy (non-hydrogen) atoms. The van der Waals surface area contributed by atoms with Crippen molar-refractivity contribution < 1.29 is 26.7 Å². The van der Waals surface area contributed by atoms with E-state index in [2.05, 4.69) is 10.3 Å². The van der Waals surface area contributed by atoms with Crippen LogP contribution in [-0.4, -0.2) is 59.3 Å². The van der Waals surface area contributed by atoms with Gasteiger partial charge in [0.15, 0.2) is 27.2 Å². The standard InChI is InChI=1S/C30H28F2N6O6S/c1-2-36-18-23(29(40)38(30(36)41)21-6-3-19(31)4-7-21)28(39)35-20-5-8-26(24(32)15-20)44-27-16-22(17-34-25(27)9-10-33)37-11-13-45(42,43)14-12-37/h3-8,10,15-18,33H,2,9,11-14H2,1H3,(H,35,39). The van der Waals surface area contributed by atoms with E-state index in [9.17, 15) is 27.2 Å². The predicted molar refractivity (Wildman–Crippen MR) is 164 cm³/mol. The SMILES string of the molecule is CCn1cc(C(=O)Nc2ccc(Oc3cc(N4CCS(=O)(=O)CC4)cnc3CC=N)c(F)c2)c(=O)n(-c2ccc(F)cc2)c1=O. The molecule has 0 bridgehead atoms. The van der Waals surface area contributed by atoms with Crippen LogP contribution in [0.1, 0.15) is 23.0 Å². The van der Waals surface area contributed by atoms with Crippen molar-refractivity contribution in [2.24, 2.45) is 0 Å². The third-order valence-corrected chi connectivity index (χ3v) is 8.77. The van der Waals surface area contributed by atoms with Crippen molar-refractivity contribution in [1.82, 2.24) is 14.1 Å². The second-order valence-electron chi connectivity index (χ2n) is 10.1. The molecule has 1 fully saturated rings. The summed E-state index contributed by atoms with van der Waals surface area (Å²) in [5, 5.41) is 9.93. The summed E-state index contributed by atoms with van der Waals surface area (Å²) in [6.07, 6.45) is 3.87. The monoisotopic (exact) mass is 638 g/mol. The van der Waals surface area contributed by atoms with Crippen LogP contribution in [0, 0.1) is 17.0 Å². The van der Waals surface area contributed by atoms with Crippen molar-refractivity contribution in [1.29, 1.82) is 5.41 Å². The molecule has 15 heteroatoms. The highest BCUT2D eigenvalue weighted by Crippen LogP contribution is 2.32. The number of carbonyl (C=O) groups is 1. The Labute approximate surface area is 256 Å². The molecule has 0 aliphatic carbocycles. The van der Waals surface area contributed by atoms with E-state index in [1.54, 1.807) is 19.2 Å². The minimum Gasteiger partial charge on any atom is -0.452 e. The maximum absolute atomic E-state index is 15.3. The molecule has 0 unspecified atom stereocenters. The molecule has 234 valence electrons. The van der Waals surface area contributed by atoms with Crippen LogP contribution in [0.3, 0.4) is 0 Å². The molecule has 2 aromatic carbocycles. The van der Waals surface area contributed by atoms with Gasteiger partial charge in [0.05, 0.1) is 34.8 Å². The number of carbonyl (C=O) groups excluding carboxylic acids is 1. The van der Waals surface area contributed by atoms with Crippen molar-refractivity contribution in [3.63, 3.8) is 0 Å². The highest BCUT2D eigenvalue weighted by Gasteiger charge is 2.24. The molecule has 1 aliphatic rings. The highest BCUT2D eigenvalue weighted by molar-refractivity contribution is 7.91. The van der Waals surface area contributed by atoms with Gasteiger partial charge in [0.1, 0.15) is 11.4 Å². The lowest BCUT2D eigenvalue weighted by Crippen LogP contribution is -2.42. The maximum Gasteiger partial charge on any atom is 0.335 e. The molecule has 1 amide bonds. The van der Waals surface area contributed by atoms with Crippen molar-refractivity contribution in [2.45, 2.75) is 19.9 Å². The topological polar surface area (TPSA) is 156 Å². The van der Waals surface area contributed by atoms with E-state index in [1.165, 1.54) is 24.3 Å². The molecule has 2 aromatic heterocycles. The first-order chi connectivity index (χ1) is 21.5. The Balaban J connectivity index is 1.40. The van der Waals surface area contributed by atoms with Crippen LogP contribution in [0.2, 0.25) is 0 Å². The first kappa shape index (κ1) is 31.3. The van der Waals surface area contributed by atoms with Gasteiger partial charge in [-0.05, 0) is 43.3 Å². The molecule has 5 rings (SSSR count). The average molecular weight is 639 g/mol. The molecule has 12 nitrogen and oxygen atoms in total. The Morgan fingerprint density at radius 2 is 1.76 bits per heavy atom. The molecule has 0 saturated carbocycles. The number of nitrogens with one attached hydrogen (secondary N) is 2. The van der Waals surface area contributed by atoms with E-state index in [4.69, 9.17) is 10.1 Å². The smallest absolute Gasteiger partial charge is 0.335 e. The third-order valence-electron chi connectivity index (χ3n) is 7.16. The lowest BCUT2D eigenvalue weighted by Gasteiger charge is -2.29. The van der Waals surface area contributed by atoms with E-state index in [-0.39, 0.29) is 60.4 Å². The van der Waals surface area contributed by atoms with Gasteiger partial charge in [0.25, 0.3) is 11.5 Å². The molecule has 0 radical (unpaired) electrons.